The summed E-state index contributed by atoms with van der Waals surface area (Å²) in [5.74, 6) is 0. The highest BCUT2D eigenvalue weighted by Gasteiger charge is 1.85. The molecule has 0 aliphatic rings. The van der Waals surface area contributed by atoms with E-state index in [0.29, 0.717) is 0 Å². The first-order valence-electron chi connectivity index (χ1n) is 2.27. The Morgan fingerprint density at radius 2 is 2.33 bits per heavy atom. The lowest BCUT2D eigenvalue weighted by molar-refractivity contribution is 0.644. The summed E-state index contributed by atoms with van der Waals surface area (Å²) in [6, 6.07) is 0. The molecule has 0 amide bonds. The standard InChI is InChI=1S/C4H9N3S2/c1-7(2)3-6-4(5)9-8/h3,5,8H,1-2H3/b5-4?,6-3+. The molecule has 0 aromatic rings. The number of hydrogen-bond acceptors (Lipinski definition) is 3. The molecule has 3 nitrogen and oxygen atoms in total. The minimum atomic E-state index is 0.201. The molecule has 0 aromatic heterocycles. The van der Waals surface area contributed by atoms with Gasteiger partial charge < -0.3 is 4.90 Å². The third kappa shape index (κ3) is 5.72. The maximum atomic E-state index is 6.99. The van der Waals surface area contributed by atoms with Crippen LogP contribution in [0.25, 0.3) is 0 Å². The van der Waals surface area contributed by atoms with Crippen molar-refractivity contribution in [1.82, 2.24) is 4.90 Å². The van der Waals surface area contributed by atoms with E-state index >= 15 is 0 Å². The molecule has 0 saturated carbocycles. The molecule has 0 heterocycles. The molecule has 0 radical (unpaired) electrons. The summed E-state index contributed by atoms with van der Waals surface area (Å²) in [6.45, 7) is 0. The van der Waals surface area contributed by atoms with Crippen LogP contribution in [0, 0.1) is 5.41 Å². The van der Waals surface area contributed by atoms with Crippen LogP contribution >= 0.6 is 22.5 Å². The Balaban J connectivity index is 3.57. The lowest BCUT2D eigenvalue weighted by atomic mass is 10.9. The molecular formula is C4H9N3S2. The van der Waals surface area contributed by atoms with E-state index in [1.54, 1.807) is 11.2 Å². The minimum absolute atomic E-state index is 0.201. The van der Waals surface area contributed by atoms with Gasteiger partial charge in [0.15, 0.2) is 5.17 Å². The van der Waals surface area contributed by atoms with Crippen molar-refractivity contribution in [2.75, 3.05) is 14.1 Å². The zero-order valence-electron chi connectivity index (χ0n) is 5.33. The number of amidine groups is 1. The summed E-state index contributed by atoms with van der Waals surface area (Å²) in [5, 5.41) is 7.19. The van der Waals surface area contributed by atoms with Crippen molar-refractivity contribution in [2.24, 2.45) is 4.99 Å². The Bertz CT molecular complexity index is 121. The summed E-state index contributed by atoms with van der Waals surface area (Å²) >= 11 is 3.78. The summed E-state index contributed by atoms with van der Waals surface area (Å²) in [5.41, 5.74) is 0. The van der Waals surface area contributed by atoms with Gasteiger partial charge >= 0.3 is 0 Å². The second kappa shape index (κ2) is 4.69. The average Bonchev–Trinajstić information content (AvgIpc) is 1.83. The van der Waals surface area contributed by atoms with Crippen molar-refractivity contribution in [2.45, 2.75) is 0 Å². The Hall–Kier alpha value is -0.160. The third-order valence-corrected chi connectivity index (χ3v) is 1.29. The molecule has 0 aromatic carbocycles. The molecule has 9 heavy (non-hydrogen) atoms. The van der Waals surface area contributed by atoms with E-state index in [2.05, 4.69) is 16.7 Å². The van der Waals surface area contributed by atoms with Crippen LogP contribution in [0.4, 0.5) is 0 Å². The summed E-state index contributed by atoms with van der Waals surface area (Å²) in [7, 11) is 4.71. The van der Waals surface area contributed by atoms with E-state index in [4.69, 9.17) is 5.41 Å². The fourth-order valence-electron chi connectivity index (χ4n) is 0.191. The lowest BCUT2D eigenvalue weighted by Crippen LogP contribution is -2.08. The quantitative estimate of drug-likeness (QED) is 0.263. The van der Waals surface area contributed by atoms with Crippen LogP contribution in [0.1, 0.15) is 0 Å². The number of nitrogens with zero attached hydrogens (tertiary/aromatic N) is 2. The van der Waals surface area contributed by atoms with E-state index in [-0.39, 0.29) is 5.17 Å². The van der Waals surface area contributed by atoms with Gasteiger partial charge in [0, 0.05) is 14.1 Å². The molecule has 0 aliphatic heterocycles. The van der Waals surface area contributed by atoms with E-state index in [0.717, 1.165) is 10.8 Å². The van der Waals surface area contributed by atoms with Gasteiger partial charge in [0.05, 0.1) is 6.34 Å². The van der Waals surface area contributed by atoms with Gasteiger partial charge in [-0.2, -0.15) is 0 Å². The first-order chi connectivity index (χ1) is 4.16. The topological polar surface area (TPSA) is 39.5 Å². The average molecular weight is 163 g/mol. The van der Waals surface area contributed by atoms with Crippen LogP contribution in [0.2, 0.25) is 0 Å². The van der Waals surface area contributed by atoms with E-state index in [9.17, 15) is 0 Å². The Morgan fingerprint density at radius 1 is 1.78 bits per heavy atom. The molecule has 0 aliphatic carbocycles. The van der Waals surface area contributed by atoms with Gasteiger partial charge in [-0.15, -0.1) is 11.7 Å². The van der Waals surface area contributed by atoms with Crippen molar-refractivity contribution < 1.29 is 0 Å². The molecule has 1 N–H and O–H groups in total. The van der Waals surface area contributed by atoms with Gasteiger partial charge in [-0.25, -0.2) is 4.99 Å². The summed E-state index contributed by atoms with van der Waals surface area (Å²) in [6.07, 6.45) is 1.56. The number of thiol groups is 1. The number of nitrogens with one attached hydrogen (secondary N) is 1. The molecule has 0 bridgehead atoms. The summed E-state index contributed by atoms with van der Waals surface area (Å²) in [4.78, 5) is 5.48. The maximum absolute atomic E-state index is 6.99. The Morgan fingerprint density at radius 3 is 2.67 bits per heavy atom. The van der Waals surface area contributed by atoms with E-state index in [1.807, 2.05) is 14.1 Å². The fraction of sp³-hybridized carbons (Fsp3) is 0.500. The van der Waals surface area contributed by atoms with Crippen molar-refractivity contribution in [3.8, 4) is 0 Å². The van der Waals surface area contributed by atoms with Crippen LogP contribution < -0.4 is 0 Å². The van der Waals surface area contributed by atoms with Crippen LogP contribution in [0.5, 0.6) is 0 Å². The number of hydrogen-bond donors (Lipinski definition) is 2. The fourth-order valence-corrected chi connectivity index (χ4v) is 0.427. The maximum Gasteiger partial charge on any atom is 0.192 e. The zero-order chi connectivity index (χ0) is 7.28. The zero-order valence-corrected chi connectivity index (χ0v) is 7.04. The first-order valence-corrected chi connectivity index (χ1v) is 4.14. The highest BCUT2D eigenvalue weighted by Crippen LogP contribution is 2.06. The molecule has 5 heteroatoms. The monoisotopic (exact) mass is 163 g/mol. The molecule has 0 atom stereocenters. The molecule has 0 fully saturated rings. The largest absolute Gasteiger partial charge is 0.369 e. The second-order valence-corrected chi connectivity index (χ2v) is 2.72. The molecule has 52 valence electrons. The van der Waals surface area contributed by atoms with Crippen molar-refractivity contribution in [3.05, 3.63) is 0 Å². The molecule has 0 unspecified atom stereocenters. The SMILES string of the molecule is CN(C)/C=N/C(=N)SS. The second-order valence-electron chi connectivity index (χ2n) is 1.60. The van der Waals surface area contributed by atoms with Crippen molar-refractivity contribution in [3.63, 3.8) is 0 Å². The molecule has 0 spiro atoms. The number of rotatable bonds is 1. The minimum Gasteiger partial charge on any atom is -0.369 e. The van der Waals surface area contributed by atoms with Crippen LogP contribution in [0.15, 0.2) is 4.99 Å². The van der Waals surface area contributed by atoms with Crippen LogP contribution in [-0.4, -0.2) is 30.5 Å². The van der Waals surface area contributed by atoms with Gasteiger partial charge in [0.25, 0.3) is 0 Å². The van der Waals surface area contributed by atoms with Crippen molar-refractivity contribution >= 4 is 34.0 Å². The number of aliphatic imine (C=N–C) groups is 1. The normalized spacial score (nSPS) is 10.1. The van der Waals surface area contributed by atoms with Crippen LogP contribution in [0.3, 0.4) is 0 Å². The van der Waals surface area contributed by atoms with E-state index < -0.39 is 0 Å². The van der Waals surface area contributed by atoms with Gasteiger partial charge in [-0.3, -0.25) is 5.41 Å². The summed E-state index contributed by atoms with van der Waals surface area (Å²) < 4.78 is 0. The van der Waals surface area contributed by atoms with Crippen LogP contribution in [-0.2, 0) is 0 Å². The van der Waals surface area contributed by atoms with E-state index in [1.165, 1.54) is 0 Å². The Labute approximate surface area is 63.9 Å². The first kappa shape index (κ1) is 8.84. The van der Waals surface area contributed by atoms with Gasteiger partial charge in [0.2, 0.25) is 0 Å². The highest BCUT2D eigenvalue weighted by atomic mass is 33.1. The predicted molar refractivity (Wildman–Crippen MR) is 46.5 cm³/mol. The predicted octanol–water partition coefficient (Wildman–Crippen LogP) is 1.09. The Kier molecular flexibility index (Phi) is 4.61. The van der Waals surface area contributed by atoms with Gasteiger partial charge in [-0.1, -0.05) is 0 Å². The molecule has 0 saturated heterocycles. The third-order valence-electron chi connectivity index (χ3n) is 0.492. The molecular weight excluding hydrogens is 154 g/mol. The smallest absolute Gasteiger partial charge is 0.192 e. The lowest BCUT2D eigenvalue weighted by Gasteiger charge is -2.00. The van der Waals surface area contributed by atoms with Gasteiger partial charge in [-0.05, 0) is 10.8 Å². The van der Waals surface area contributed by atoms with Crippen molar-refractivity contribution in [1.29, 1.82) is 5.41 Å². The van der Waals surface area contributed by atoms with Gasteiger partial charge in [0.1, 0.15) is 0 Å². The molecule has 0 rings (SSSR count). The highest BCUT2D eigenvalue weighted by molar-refractivity contribution is 8.74.